The van der Waals surface area contributed by atoms with Crippen molar-refractivity contribution in [1.82, 2.24) is 9.80 Å². The first-order valence-corrected chi connectivity index (χ1v) is 14.0. The molecule has 1 N–H and O–H groups in total. The number of hydrogen-bond donors (Lipinski definition) is 1. The first-order valence-electron chi connectivity index (χ1n) is 14.0. The van der Waals surface area contributed by atoms with Crippen LogP contribution in [0.4, 0.5) is 22.0 Å². The normalized spacial score (nSPS) is 22.1. The Morgan fingerprint density at radius 1 is 0.975 bits per heavy atom. The first kappa shape index (κ1) is 28.8. The SMILES string of the molecule is O=C(c1ccc(-c2ccc(OCC3CCN(CC4(C(F)(F)F)CCC4)CC3)cc2F)cc1F)N1CCCC(O)C1. The van der Waals surface area contributed by atoms with Crippen molar-refractivity contribution < 1.29 is 36.6 Å². The minimum atomic E-state index is -4.16. The van der Waals surface area contributed by atoms with E-state index in [2.05, 4.69) is 0 Å². The topological polar surface area (TPSA) is 53.0 Å². The Morgan fingerprint density at radius 3 is 2.33 bits per heavy atom. The van der Waals surface area contributed by atoms with Gasteiger partial charge in [0.25, 0.3) is 5.91 Å². The number of amides is 1. The third-order valence-corrected chi connectivity index (χ3v) is 8.77. The van der Waals surface area contributed by atoms with E-state index in [1.165, 1.54) is 29.2 Å². The maximum absolute atomic E-state index is 15.0. The van der Waals surface area contributed by atoms with E-state index in [4.69, 9.17) is 4.74 Å². The maximum atomic E-state index is 15.0. The zero-order chi connectivity index (χ0) is 28.5. The molecule has 0 bridgehead atoms. The first-order chi connectivity index (χ1) is 19.0. The number of rotatable bonds is 7. The standard InChI is InChI=1S/C30H35F5N2O3/c31-26-15-21(4-6-25(26)28(39)37-12-1-3-22(38)17-37)24-7-5-23(16-27(24)32)40-18-20-8-13-36(14-9-20)19-29(10-2-11-29)30(33,34)35/h4-7,15-16,20,22,38H,1-3,8-14,17-19H2. The van der Waals surface area contributed by atoms with Crippen molar-refractivity contribution in [2.75, 3.05) is 39.3 Å². The number of ether oxygens (including phenoxy) is 1. The fourth-order valence-corrected chi connectivity index (χ4v) is 6.07. The third-order valence-electron chi connectivity index (χ3n) is 8.77. The molecule has 1 saturated carbocycles. The number of hydrogen-bond acceptors (Lipinski definition) is 4. The number of nitrogens with zero attached hydrogens (tertiary/aromatic N) is 2. The molecule has 2 aromatic carbocycles. The van der Waals surface area contributed by atoms with E-state index in [0.717, 1.165) is 18.9 Å². The van der Waals surface area contributed by atoms with Crippen LogP contribution in [0.1, 0.15) is 55.3 Å². The van der Waals surface area contributed by atoms with Gasteiger partial charge in [-0.15, -0.1) is 0 Å². The Bertz CT molecular complexity index is 1210. The van der Waals surface area contributed by atoms with Gasteiger partial charge in [-0.2, -0.15) is 13.2 Å². The van der Waals surface area contributed by atoms with Crippen LogP contribution in [0.25, 0.3) is 11.1 Å². The molecule has 0 radical (unpaired) electrons. The molecule has 3 aliphatic rings. The van der Waals surface area contributed by atoms with E-state index in [0.29, 0.717) is 51.3 Å². The zero-order valence-electron chi connectivity index (χ0n) is 22.4. The molecule has 218 valence electrons. The Balaban J connectivity index is 1.14. The number of likely N-dealkylation sites (tertiary alicyclic amines) is 2. The second-order valence-corrected chi connectivity index (χ2v) is 11.5. The summed E-state index contributed by atoms with van der Waals surface area (Å²) in [6.07, 6.45) is -1.05. The highest BCUT2D eigenvalue weighted by atomic mass is 19.4. The van der Waals surface area contributed by atoms with Gasteiger partial charge in [0, 0.05) is 31.3 Å². The molecule has 1 amide bonds. The molecular formula is C30H35F5N2O3. The van der Waals surface area contributed by atoms with Gasteiger partial charge in [0.15, 0.2) is 0 Å². The largest absolute Gasteiger partial charge is 0.493 e. The van der Waals surface area contributed by atoms with Gasteiger partial charge in [-0.25, -0.2) is 8.78 Å². The average molecular weight is 567 g/mol. The van der Waals surface area contributed by atoms with E-state index < -0.39 is 35.2 Å². The molecule has 0 spiro atoms. The molecule has 1 atom stereocenters. The average Bonchev–Trinajstić information content (AvgIpc) is 2.89. The summed E-state index contributed by atoms with van der Waals surface area (Å²) in [5.41, 5.74) is -1.22. The molecule has 5 rings (SSSR count). The molecule has 10 heteroatoms. The summed E-state index contributed by atoms with van der Waals surface area (Å²) in [6.45, 7) is 2.18. The van der Waals surface area contributed by atoms with Crippen LogP contribution in [0.2, 0.25) is 0 Å². The van der Waals surface area contributed by atoms with Gasteiger partial charge in [0.1, 0.15) is 17.4 Å². The van der Waals surface area contributed by atoms with E-state index >= 15 is 0 Å². The van der Waals surface area contributed by atoms with Crippen molar-refractivity contribution in [2.24, 2.45) is 11.3 Å². The highest BCUT2D eigenvalue weighted by Crippen LogP contribution is 2.53. The number of β-amino-alcohol motifs (C(OH)–C–C–N with tert-alkyl or cyclic N) is 1. The molecule has 2 aromatic rings. The second kappa shape index (κ2) is 11.6. The van der Waals surface area contributed by atoms with Crippen molar-refractivity contribution in [3.63, 3.8) is 0 Å². The molecule has 3 fully saturated rings. The van der Waals surface area contributed by atoms with Crippen molar-refractivity contribution >= 4 is 5.91 Å². The maximum Gasteiger partial charge on any atom is 0.395 e. The molecule has 0 aromatic heterocycles. The second-order valence-electron chi connectivity index (χ2n) is 11.5. The van der Waals surface area contributed by atoms with E-state index in [9.17, 15) is 31.9 Å². The smallest absolute Gasteiger partial charge is 0.395 e. The van der Waals surface area contributed by atoms with Crippen LogP contribution in [-0.2, 0) is 0 Å². The minimum Gasteiger partial charge on any atom is -0.493 e. The summed E-state index contributed by atoms with van der Waals surface area (Å²) in [6, 6.07) is 8.30. The van der Waals surface area contributed by atoms with Crippen LogP contribution < -0.4 is 4.74 Å². The summed E-state index contributed by atoms with van der Waals surface area (Å²) in [4.78, 5) is 16.0. The monoisotopic (exact) mass is 566 g/mol. The quantitative estimate of drug-likeness (QED) is 0.415. The molecule has 2 heterocycles. The number of piperidine rings is 2. The molecule has 5 nitrogen and oxygen atoms in total. The van der Waals surface area contributed by atoms with Gasteiger partial charge >= 0.3 is 6.18 Å². The lowest BCUT2D eigenvalue weighted by atomic mass is 9.67. The lowest BCUT2D eigenvalue weighted by molar-refractivity contribution is -0.256. The van der Waals surface area contributed by atoms with Gasteiger partial charge in [-0.05, 0) is 87.4 Å². The van der Waals surface area contributed by atoms with Gasteiger partial charge in [-0.3, -0.25) is 4.79 Å². The number of carbonyl (C=O) groups excluding carboxylic acids is 1. The van der Waals surface area contributed by atoms with Crippen molar-refractivity contribution in [2.45, 2.75) is 57.2 Å². The number of carbonyl (C=O) groups is 1. The molecular weight excluding hydrogens is 531 g/mol. The van der Waals surface area contributed by atoms with Crippen LogP contribution in [0, 0.1) is 23.0 Å². The molecule has 40 heavy (non-hydrogen) atoms. The predicted molar refractivity (Wildman–Crippen MR) is 140 cm³/mol. The van der Waals surface area contributed by atoms with Crippen molar-refractivity contribution in [3.05, 3.63) is 53.6 Å². The Labute approximate surface area is 230 Å². The number of benzene rings is 2. The van der Waals surface area contributed by atoms with Crippen LogP contribution in [-0.4, -0.2) is 72.4 Å². The lowest BCUT2D eigenvalue weighted by Crippen LogP contribution is -2.53. The number of halogens is 5. The van der Waals surface area contributed by atoms with Crippen molar-refractivity contribution in [3.8, 4) is 16.9 Å². The Hall–Kier alpha value is -2.72. The summed E-state index contributed by atoms with van der Waals surface area (Å²) in [7, 11) is 0. The zero-order valence-corrected chi connectivity index (χ0v) is 22.4. The fraction of sp³-hybridized carbons (Fsp3) is 0.567. The van der Waals surface area contributed by atoms with Crippen LogP contribution in [0.3, 0.4) is 0 Å². The van der Waals surface area contributed by atoms with Crippen molar-refractivity contribution in [1.29, 1.82) is 0 Å². The number of aliphatic hydroxyl groups excluding tert-OH is 1. The van der Waals surface area contributed by atoms with E-state index in [1.807, 2.05) is 4.90 Å². The van der Waals surface area contributed by atoms with E-state index in [-0.39, 0.29) is 48.5 Å². The minimum absolute atomic E-state index is 0.0634. The van der Waals surface area contributed by atoms with Gasteiger partial charge in [0.05, 0.1) is 23.7 Å². The Morgan fingerprint density at radius 2 is 1.73 bits per heavy atom. The Kier molecular flexibility index (Phi) is 8.38. The highest BCUT2D eigenvalue weighted by Gasteiger charge is 2.58. The van der Waals surface area contributed by atoms with Crippen LogP contribution in [0.5, 0.6) is 5.75 Å². The van der Waals surface area contributed by atoms with Crippen LogP contribution >= 0.6 is 0 Å². The summed E-state index contributed by atoms with van der Waals surface area (Å²) < 4.78 is 76.1. The molecule has 1 aliphatic carbocycles. The highest BCUT2D eigenvalue weighted by molar-refractivity contribution is 5.95. The lowest BCUT2D eigenvalue weighted by Gasteiger charge is -2.47. The summed E-state index contributed by atoms with van der Waals surface area (Å²) in [5.74, 6) is -1.36. The third kappa shape index (κ3) is 6.12. The van der Waals surface area contributed by atoms with Gasteiger partial charge in [0.2, 0.25) is 0 Å². The summed E-state index contributed by atoms with van der Waals surface area (Å²) in [5, 5.41) is 9.81. The van der Waals surface area contributed by atoms with Gasteiger partial charge in [-0.1, -0.05) is 12.5 Å². The number of alkyl halides is 3. The van der Waals surface area contributed by atoms with Crippen LogP contribution in [0.15, 0.2) is 36.4 Å². The predicted octanol–water partition coefficient (Wildman–Crippen LogP) is 6.05. The molecule has 1 unspecified atom stereocenters. The van der Waals surface area contributed by atoms with E-state index in [1.54, 1.807) is 6.07 Å². The molecule has 2 saturated heterocycles. The fourth-order valence-electron chi connectivity index (χ4n) is 6.07. The van der Waals surface area contributed by atoms with Gasteiger partial charge < -0.3 is 19.6 Å². The number of aliphatic hydroxyl groups is 1. The summed E-state index contributed by atoms with van der Waals surface area (Å²) >= 11 is 0. The molecule has 2 aliphatic heterocycles.